The van der Waals surface area contributed by atoms with Gasteiger partial charge in [-0.1, -0.05) is 0 Å². The third-order valence-electron chi connectivity index (χ3n) is 7.47. The Kier molecular flexibility index (Phi) is 6.67. The molecule has 0 spiro atoms. The van der Waals surface area contributed by atoms with Crippen molar-refractivity contribution in [2.24, 2.45) is 12.8 Å². The number of nitrogens with two attached hydrogens (primary N) is 1. The van der Waals surface area contributed by atoms with E-state index in [2.05, 4.69) is 15.1 Å². The van der Waals surface area contributed by atoms with E-state index >= 15 is 0 Å². The number of imidazole rings is 1. The second-order valence-corrected chi connectivity index (χ2v) is 10.4. The summed E-state index contributed by atoms with van der Waals surface area (Å²) in [5.41, 5.74) is 7.73. The van der Waals surface area contributed by atoms with Crippen molar-refractivity contribution in [3.63, 3.8) is 0 Å². The molecule has 6 rings (SSSR count). The van der Waals surface area contributed by atoms with Gasteiger partial charge in [0.05, 0.1) is 30.2 Å². The molecule has 0 bridgehead atoms. The number of carbonyl (C=O) groups excluding carboxylic acids is 2. The fourth-order valence-electron chi connectivity index (χ4n) is 5.65. The van der Waals surface area contributed by atoms with E-state index in [1.807, 2.05) is 0 Å². The molecule has 0 fully saturated rings. The fourth-order valence-corrected chi connectivity index (χ4v) is 5.65. The van der Waals surface area contributed by atoms with Gasteiger partial charge in [-0.2, -0.15) is 18.3 Å². The molecule has 1 aliphatic rings. The number of aryl methyl sites for hydroxylation is 2. The van der Waals surface area contributed by atoms with Crippen LogP contribution in [0.15, 0.2) is 55.2 Å². The van der Waals surface area contributed by atoms with Crippen molar-refractivity contribution in [2.45, 2.75) is 26.1 Å². The number of aromatic nitrogens is 5. The lowest BCUT2D eigenvalue weighted by Gasteiger charge is -2.31. The van der Waals surface area contributed by atoms with E-state index < -0.39 is 23.7 Å². The number of rotatable bonds is 6. The summed E-state index contributed by atoms with van der Waals surface area (Å²) in [5, 5.41) is 4.18. The van der Waals surface area contributed by atoms with Gasteiger partial charge in [0.2, 0.25) is 0 Å². The van der Waals surface area contributed by atoms with Crippen molar-refractivity contribution in [1.29, 1.82) is 0 Å². The summed E-state index contributed by atoms with van der Waals surface area (Å²) in [5.74, 6) is -0.740. The number of alkyl halides is 3. The Morgan fingerprint density at radius 3 is 2.56 bits per heavy atom. The number of primary amides is 1. The third kappa shape index (κ3) is 4.96. The number of fused-ring (bicyclic) bond motifs is 2. The Hall–Kier alpha value is -5.20. The molecule has 13 heteroatoms. The quantitative estimate of drug-likeness (QED) is 0.311. The number of methoxy groups -OCH3 is 1. The van der Waals surface area contributed by atoms with Crippen LogP contribution in [0.2, 0.25) is 0 Å². The van der Waals surface area contributed by atoms with Gasteiger partial charge < -0.3 is 19.9 Å². The number of halogens is 3. The largest absolute Gasteiger partial charge is 0.497 e. The second-order valence-electron chi connectivity index (χ2n) is 10.4. The topological polar surface area (TPSA) is 121 Å². The summed E-state index contributed by atoms with van der Waals surface area (Å²) in [6.07, 6.45) is 1.82. The van der Waals surface area contributed by atoms with Gasteiger partial charge in [-0.05, 0) is 60.4 Å². The minimum Gasteiger partial charge on any atom is -0.497 e. The van der Waals surface area contributed by atoms with Crippen LogP contribution in [0.4, 0.5) is 18.9 Å². The van der Waals surface area contributed by atoms with Gasteiger partial charge in [-0.15, -0.1) is 0 Å². The summed E-state index contributed by atoms with van der Waals surface area (Å²) in [6, 6.07) is 8.30. The van der Waals surface area contributed by atoms with Crippen LogP contribution in [0, 0.1) is 6.92 Å². The number of benzene rings is 2. The summed E-state index contributed by atoms with van der Waals surface area (Å²) in [6.45, 7) is 2.19. The molecular formula is C30H26F3N7O3. The smallest absolute Gasteiger partial charge is 0.435 e. The van der Waals surface area contributed by atoms with Gasteiger partial charge >= 0.3 is 6.18 Å². The molecule has 220 valence electrons. The van der Waals surface area contributed by atoms with Crippen LogP contribution in [0.5, 0.6) is 5.75 Å². The molecule has 0 saturated carbocycles. The van der Waals surface area contributed by atoms with Gasteiger partial charge in [0, 0.05) is 60.9 Å². The van der Waals surface area contributed by atoms with Crippen LogP contribution in [-0.2, 0) is 26.2 Å². The first-order valence-corrected chi connectivity index (χ1v) is 13.3. The van der Waals surface area contributed by atoms with Crippen LogP contribution >= 0.6 is 0 Å². The molecule has 10 nitrogen and oxygen atoms in total. The number of amides is 2. The van der Waals surface area contributed by atoms with Gasteiger partial charge in [0.25, 0.3) is 11.8 Å². The van der Waals surface area contributed by atoms with E-state index in [1.165, 1.54) is 26.4 Å². The van der Waals surface area contributed by atoms with E-state index in [9.17, 15) is 22.8 Å². The maximum Gasteiger partial charge on any atom is 0.435 e. The van der Waals surface area contributed by atoms with Crippen LogP contribution in [0.1, 0.15) is 43.2 Å². The van der Waals surface area contributed by atoms with Crippen molar-refractivity contribution in [2.75, 3.05) is 18.6 Å². The first-order chi connectivity index (χ1) is 20.4. The molecule has 0 saturated heterocycles. The molecule has 2 aromatic carbocycles. The van der Waals surface area contributed by atoms with Crippen LogP contribution in [0.3, 0.4) is 0 Å². The highest BCUT2D eigenvalue weighted by molar-refractivity contribution is 6.15. The number of hydrogen-bond donors (Lipinski definition) is 1. The summed E-state index contributed by atoms with van der Waals surface area (Å²) < 4.78 is 50.5. The van der Waals surface area contributed by atoms with Gasteiger partial charge in [-0.25, -0.2) is 4.98 Å². The molecule has 43 heavy (non-hydrogen) atoms. The number of nitrogens with zero attached hydrogens (tertiary/aromatic N) is 6. The zero-order chi connectivity index (χ0) is 30.6. The number of anilines is 1. The lowest BCUT2D eigenvalue weighted by Crippen LogP contribution is -2.38. The minimum atomic E-state index is -4.70. The lowest BCUT2D eigenvalue weighted by molar-refractivity contribution is -0.141. The summed E-state index contributed by atoms with van der Waals surface area (Å²) in [4.78, 5) is 36.7. The highest BCUT2D eigenvalue weighted by Gasteiger charge is 2.39. The minimum absolute atomic E-state index is 0.0963. The zero-order valence-corrected chi connectivity index (χ0v) is 23.4. The van der Waals surface area contributed by atoms with Crippen molar-refractivity contribution >= 4 is 28.4 Å². The van der Waals surface area contributed by atoms with Gasteiger partial charge in [-0.3, -0.25) is 19.3 Å². The predicted octanol–water partition coefficient (Wildman–Crippen LogP) is 4.52. The monoisotopic (exact) mass is 589 g/mol. The normalized spacial score (nSPS) is 13.4. The maximum absolute atomic E-state index is 14.3. The summed E-state index contributed by atoms with van der Waals surface area (Å²) in [7, 11) is 2.88. The molecule has 0 radical (unpaired) electrons. The van der Waals surface area contributed by atoms with Crippen molar-refractivity contribution in [1.82, 2.24) is 24.3 Å². The molecule has 0 aliphatic carbocycles. The molecule has 0 unspecified atom stereocenters. The van der Waals surface area contributed by atoms with Crippen molar-refractivity contribution in [3.8, 4) is 16.9 Å². The molecule has 5 aromatic rings. The fraction of sp³-hybridized carbons (Fsp3) is 0.233. The zero-order valence-electron chi connectivity index (χ0n) is 23.4. The Morgan fingerprint density at radius 2 is 1.88 bits per heavy atom. The number of carbonyl (C=O) groups is 2. The summed E-state index contributed by atoms with van der Waals surface area (Å²) >= 11 is 0. The van der Waals surface area contributed by atoms with Gasteiger partial charge in [0.1, 0.15) is 5.75 Å². The van der Waals surface area contributed by atoms with E-state index in [-0.39, 0.29) is 36.2 Å². The number of hydrogen-bond acceptors (Lipinski definition) is 6. The standard InChI is InChI=1S/C30H26F3N7O3/c1-16-8-25(22-11-18(43-3)12-23(28(34)41)26(22)36-16)40-6-4-19-20(24-14-38(2)37-27(24)30(31,32)33)9-17(10-21(19)29(40)42)13-39-7-5-35-15-39/h5,7-12,14-15H,4,6,13H2,1-3H3,(H2,34,41). The lowest BCUT2D eigenvalue weighted by atomic mass is 9.87. The van der Waals surface area contributed by atoms with Crippen LogP contribution < -0.4 is 15.4 Å². The highest BCUT2D eigenvalue weighted by atomic mass is 19.4. The van der Waals surface area contributed by atoms with Crippen LogP contribution in [0.25, 0.3) is 22.0 Å². The first kappa shape index (κ1) is 27.9. The van der Waals surface area contributed by atoms with E-state index in [0.29, 0.717) is 44.7 Å². The molecule has 1 aliphatic heterocycles. The SMILES string of the molecule is COc1cc(C(N)=O)c2nc(C)cc(N3CCc4c(cc(Cn5ccnc5)cc4-c4cn(C)nc4C(F)(F)F)C3=O)c2c1. The number of pyridine rings is 1. The Balaban J connectivity index is 1.55. The Bertz CT molecular complexity index is 1910. The predicted molar refractivity (Wildman–Crippen MR) is 152 cm³/mol. The number of ether oxygens (including phenoxy) is 1. The molecule has 2 amide bonds. The Labute approximate surface area is 243 Å². The van der Waals surface area contributed by atoms with Gasteiger partial charge in [0.15, 0.2) is 5.69 Å². The van der Waals surface area contributed by atoms with Crippen molar-refractivity contribution < 1.29 is 27.5 Å². The Morgan fingerprint density at radius 1 is 1.12 bits per heavy atom. The van der Waals surface area contributed by atoms with E-state index in [4.69, 9.17) is 10.5 Å². The average molecular weight is 590 g/mol. The van der Waals surface area contributed by atoms with E-state index in [0.717, 1.165) is 4.68 Å². The van der Waals surface area contributed by atoms with Crippen LogP contribution in [-0.4, -0.2) is 49.8 Å². The van der Waals surface area contributed by atoms with E-state index in [1.54, 1.807) is 59.4 Å². The molecule has 3 aromatic heterocycles. The maximum atomic E-state index is 14.3. The molecule has 4 heterocycles. The highest BCUT2D eigenvalue weighted by Crippen LogP contribution is 2.41. The molecule has 0 atom stereocenters. The molecular weight excluding hydrogens is 563 g/mol. The molecule has 2 N–H and O–H groups in total. The second kappa shape index (κ2) is 10.3. The first-order valence-electron chi connectivity index (χ1n) is 13.3. The average Bonchev–Trinajstić information content (AvgIpc) is 3.61. The van der Waals surface area contributed by atoms with Crippen molar-refractivity contribution in [3.05, 3.63) is 88.9 Å². The third-order valence-corrected chi connectivity index (χ3v) is 7.47.